The van der Waals surface area contributed by atoms with Crippen molar-refractivity contribution in [3.63, 3.8) is 0 Å². The van der Waals surface area contributed by atoms with Gasteiger partial charge >= 0.3 is 0 Å². The summed E-state index contributed by atoms with van der Waals surface area (Å²) in [6.07, 6.45) is 9.81. The van der Waals surface area contributed by atoms with E-state index < -0.39 is 0 Å². The fourth-order valence-corrected chi connectivity index (χ4v) is 2.44. The summed E-state index contributed by atoms with van der Waals surface area (Å²) >= 11 is 0. The van der Waals surface area contributed by atoms with E-state index >= 15 is 0 Å². The smallest absolute Gasteiger partial charge is 0.128 e. The van der Waals surface area contributed by atoms with Crippen molar-refractivity contribution in [2.45, 2.75) is 44.6 Å². The highest BCUT2D eigenvalue weighted by Crippen LogP contribution is 2.24. The molecule has 1 heterocycles. The molecule has 0 bridgehead atoms. The summed E-state index contributed by atoms with van der Waals surface area (Å²) < 4.78 is 0. The van der Waals surface area contributed by atoms with Gasteiger partial charge in [-0.2, -0.15) is 0 Å². The zero-order valence-electron chi connectivity index (χ0n) is 10.0. The average Bonchev–Trinajstić information content (AvgIpc) is 2.57. The number of nitrogens with two attached hydrogens (primary N) is 1. The number of nitrogens with zero attached hydrogens (tertiary/aromatic N) is 2. The van der Waals surface area contributed by atoms with E-state index in [1.165, 1.54) is 38.5 Å². The minimum atomic E-state index is 0.652. The Labute approximate surface area is 97.7 Å². The van der Waals surface area contributed by atoms with Crippen LogP contribution in [0, 0.1) is 0 Å². The van der Waals surface area contributed by atoms with Crippen molar-refractivity contribution < 1.29 is 0 Å². The van der Waals surface area contributed by atoms with Gasteiger partial charge in [-0.1, -0.05) is 25.7 Å². The predicted octanol–water partition coefficient (Wildman–Crippen LogP) is 2.82. The minimum absolute atomic E-state index is 0.652. The second-order valence-electron chi connectivity index (χ2n) is 4.71. The van der Waals surface area contributed by atoms with Crippen LogP contribution < -0.4 is 10.6 Å². The van der Waals surface area contributed by atoms with Crippen LogP contribution in [-0.2, 0) is 0 Å². The molecule has 3 nitrogen and oxygen atoms in total. The Kier molecular flexibility index (Phi) is 3.65. The van der Waals surface area contributed by atoms with Gasteiger partial charge in [-0.3, -0.25) is 0 Å². The third-order valence-electron chi connectivity index (χ3n) is 3.50. The van der Waals surface area contributed by atoms with Gasteiger partial charge in [0, 0.05) is 13.1 Å². The summed E-state index contributed by atoms with van der Waals surface area (Å²) in [5.41, 5.74) is 6.38. The van der Waals surface area contributed by atoms with Gasteiger partial charge in [-0.15, -0.1) is 0 Å². The Morgan fingerprint density at radius 3 is 2.44 bits per heavy atom. The first-order valence-corrected chi connectivity index (χ1v) is 6.22. The second kappa shape index (κ2) is 5.19. The van der Waals surface area contributed by atoms with E-state index in [1.807, 2.05) is 12.1 Å². The van der Waals surface area contributed by atoms with E-state index in [-0.39, 0.29) is 0 Å². The molecule has 0 aromatic carbocycles. The summed E-state index contributed by atoms with van der Waals surface area (Å²) in [5.74, 6) is 1.04. The van der Waals surface area contributed by atoms with E-state index in [2.05, 4.69) is 16.9 Å². The largest absolute Gasteiger partial charge is 0.397 e. The van der Waals surface area contributed by atoms with Crippen LogP contribution in [0.2, 0.25) is 0 Å². The molecule has 0 unspecified atom stereocenters. The molecular weight excluding hydrogens is 198 g/mol. The van der Waals surface area contributed by atoms with Gasteiger partial charge in [0.1, 0.15) is 5.82 Å². The molecule has 1 aliphatic rings. The quantitative estimate of drug-likeness (QED) is 0.778. The summed E-state index contributed by atoms with van der Waals surface area (Å²) in [6, 6.07) is 4.59. The van der Waals surface area contributed by atoms with E-state index in [0.29, 0.717) is 6.04 Å². The number of anilines is 2. The molecule has 0 radical (unpaired) electrons. The van der Waals surface area contributed by atoms with Gasteiger partial charge in [0.05, 0.1) is 11.9 Å². The highest BCUT2D eigenvalue weighted by molar-refractivity contribution is 5.45. The van der Waals surface area contributed by atoms with Crippen molar-refractivity contribution >= 4 is 11.5 Å². The Hall–Kier alpha value is -1.25. The van der Waals surface area contributed by atoms with Gasteiger partial charge < -0.3 is 10.6 Å². The van der Waals surface area contributed by atoms with Gasteiger partial charge in [-0.05, 0) is 25.0 Å². The molecule has 0 spiro atoms. The SMILES string of the molecule is CN(c1ccc(N)cn1)C1CCCCCC1. The van der Waals surface area contributed by atoms with Crippen LogP contribution in [0.25, 0.3) is 0 Å². The molecule has 1 aromatic rings. The van der Waals surface area contributed by atoms with Crippen molar-refractivity contribution in [2.75, 3.05) is 17.7 Å². The van der Waals surface area contributed by atoms with Gasteiger partial charge in [0.2, 0.25) is 0 Å². The standard InChI is InChI=1S/C13H21N3/c1-16(12-6-4-2-3-5-7-12)13-9-8-11(14)10-15-13/h8-10,12H,2-7,14H2,1H3. The number of pyridine rings is 1. The molecule has 0 atom stereocenters. The average molecular weight is 219 g/mol. The van der Waals surface area contributed by atoms with Crippen molar-refractivity contribution in [1.29, 1.82) is 0 Å². The fourth-order valence-electron chi connectivity index (χ4n) is 2.44. The van der Waals surface area contributed by atoms with E-state index in [1.54, 1.807) is 6.20 Å². The molecule has 2 rings (SSSR count). The van der Waals surface area contributed by atoms with Crippen molar-refractivity contribution in [3.05, 3.63) is 18.3 Å². The van der Waals surface area contributed by atoms with E-state index in [0.717, 1.165) is 11.5 Å². The van der Waals surface area contributed by atoms with Gasteiger partial charge in [0.15, 0.2) is 0 Å². The third-order valence-corrected chi connectivity index (χ3v) is 3.50. The third kappa shape index (κ3) is 2.65. The lowest BCUT2D eigenvalue weighted by Gasteiger charge is -2.28. The van der Waals surface area contributed by atoms with Crippen LogP contribution in [0.3, 0.4) is 0 Å². The molecule has 1 fully saturated rings. The summed E-state index contributed by atoms with van der Waals surface area (Å²) in [6.45, 7) is 0. The van der Waals surface area contributed by atoms with E-state index in [9.17, 15) is 0 Å². The molecule has 3 heteroatoms. The van der Waals surface area contributed by atoms with Crippen molar-refractivity contribution in [2.24, 2.45) is 0 Å². The number of nitrogen functional groups attached to an aromatic ring is 1. The van der Waals surface area contributed by atoms with Gasteiger partial charge in [-0.25, -0.2) is 4.98 Å². The lowest BCUT2D eigenvalue weighted by Crippen LogP contribution is -2.31. The number of rotatable bonds is 2. The van der Waals surface area contributed by atoms with Crippen LogP contribution in [0.15, 0.2) is 18.3 Å². The first-order chi connectivity index (χ1) is 7.77. The molecule has 0 amide bonds. The summed E-state index contributed by atoms with van der Waals surface area (Å²) in [7, 11) is 2.15. The first-order valence-electron chi connectivity index (χ1n) is 6.22. The molecule has 0 aliphatic heterocycles. The molecule has 1 aromatic heterocycles. The molecule has 1 aliphatic carbocycles. The summed E-state index contributed by atoms with van der Waals surface area (Å²) in [5, 5.41) is 0. The fraction of sp³-hybridized carbons (Fsp3) is 0.615. The summed E-state index contributed by atoms with van der Waals surface area (Å²) in [4.78, 5) is 6.70. The van der Waals surface area contributed by atoms with Crippen molar-refractivity contribution in [3.8, 4) is 0 Å². The highest BCUT2D eigenvalue weighted by Gasteiger charge is 2.17. The minimum Gasteiger partial charge on any atom is -0.397 e. The zero-order valence-corrected chi connectivity index (χ0v) is 10.0. The molecule has 16 heavy (non-hydrogen) atoms. The topological polar surface area (TPSA) is 42.1 Å². The molecule has 88 valence electrons. The Bertz CT molecular complexity index is 312. The number of aromatic nitrogens is 1. The maximum absolute atomic E-state index is 5.65. The van der Waals surface area contributed by atoms with Crippen molar-refractivity contribution in [1.82, 2.24) is 4.98 Å². The Balaban J connectivity index is 2.04. The monoisotopic (exact) mass is 219 g/mol. The normalized spacial score (nSPS) is 18.1. The maximum Gasteiger partial charge on any atom is 0.128 e. The van der Waals surface area contributed by atoms with Gasteiger partial charge in [0.25, 0.3) is 0 Å². The Morgan fingerprint density at radius 2 is 1.88 bits per heavy atom. The van der Waals surface area contributed by atoms with E-state index in [4.69, 9.17) is 5.73 Å². The zero-order chi connectivity index (χ0) is 11.4. The first kappa shape index (κ1) is 11.2. The number of hydrogen-bond acceptors (Lipinski definition) is 3. The van der Waals surface area contributed by atoms with Crippen LogP contribution in [-0.4, -0.2) is 18.1 Å². The van der Waals surface area contributed by atoms with Crippen LogP contribution >= 0.6 is 0 Å². The maximum atomic E-state index is 5.65. The van der Waals surface area contributed by atoms with Crippen LogP contribution in [0.4, 0.5) is 11.5 Å². The molecule has 2 N–H and O–H groups in total. The predicted molar refractivity (Wildman–Crippen MR) is 68.5 cm³/mol. The Morgan fingerprint density at radius 1 is 1.19 bits per heavy atom. The number of hydrogen-bond donors (Lipinski definition) is 1. The lowest BCUT2D eigenvalue weighted by molar-refractivity contribution is 0.549. The molecular formula is C13H21N3. The molecule has 0 saturated heterocycles. The van der Waals surface area contributed by atoms with Crippen LogP contribution in [0.1, 0.15) is 38.5 Å². The highest BCUT2D eigenvalue weighted by atomic mass is 15.2. The lowest BCUT2D eigenvalue weighted by atomic mass is 10.1. The second-order valence-corrected chi connectivity index (χ2v) is 4.71. The van der Waals surface area contributed by atoms with Crippen LogP contribution in [0.5, 0.6) is 0 Å². The molecule has 1 saturated carbocycles.